The van der Waals surface area contributed by atoms with E-state index in [2.05, 4.69) is 29.4 Å². The summed E-state index contributed by atoms with van der Waals surface area (Å²) in [5.41, 5.74) is 8.42. The van der Waals surface area contributed by atoms with Gasteiger partial charge < -0.3 is 19.9 Å². The number of hydrogen-bond donors (Lipinski definition) is 2. The van der Waals surface area contributed by atoms with Gasteiger partial charge in [0.1, 0.15) is 11.5 Å². The molecule has 2 aliphatic heterocycles. The zero-order valence-corrected chi connectivity index (χ0v) is 26.3. The first-order valence-corrected chi connectivity index (χ1v) is 16.9. The second-order valence-corrected chi connectivity index (χ2v) is 13.4. The fourth-order valence-electron chi connectivity index (χ4n) is 5.89. The molecule has 1 unspecified atom stereocenters. The van der Waals surface area contributed by atoms with Crippen LogP contribution in [0.1, 0.15) is 49.7 Å². The molecule has 3 aromatic carbocycles. The average molecular weight is 612 g/mol. The Morgan fingerprint density at radius 2 is 1.57 bits per heavy atom. The van der Waals surface area contributed by atoms with Gasteiger partial charge in [-0.1, -0.05) is 43.3 Å². The zero-order valence-electron chi connectivity index (χ0n) is 25.5. The van der Waals surface area contributed by atoms with Crippen molar-refractivity contribution >= 4 is 38.2 Å². The Morgan fingerprint density at radius 1 is 0.955 bits per heavy atom. The number of ether oxygens (including phenoxy) is 1. The number of nitrogens with one attached hydrogen (secondary N) is 2. The lowest BCUT2D eigenvalue weighted by Crippen LogP contribution is -2.32. The summed E-state index contributed by atoms with van der Waals surface area (Å²) in [7, 11) is -3.27. The van der Waals surface area contributed by atoms with Crippen molar-refractivity contribution in [1.29, 1.82) is 0 Å². The Morgan fingerprint density at radius 3 is 2.20 bits per heavy atom. The minimum Gasteiger partial charge on any atom is -0.407 e. The van der Waals surface area contributed by atoms with Gasteiger partial charge in [-0.05, 0) is 72.7 Å². The van der Waals surface area contributed by atoms with Gasteiger partial charge in [-0.3, -0.25) is 4.99 Å². The Hall–Kier alpha value is -4.28. The van der Waals surface area contributed by atoms with Crippen molar-refractivity contribution in [3.05, 3.63) is 88.9 Å². The van der Waals surface area contributed by atoms with Crippen LogP contribution in [0.2, 0.25) is 0 Å². The van der Waals surface area contributed by atoms with E-state index in [-0.39, 0.29) is 10.8 Å². The maximum absolute atomic E-state index is 13.4. The number of aromatic amines is 1. The standard InChI is InChI=1S/C34H37N5O4S/c1-5-39(6-2)34(40)43-32-30(33-37-28-17-25-19-35-20-26(25)18-29(28)38-33)21(3)15-16-36-31(32)24-9-7-22(8-10-24)23-11-13-27(14-12-23)44(4,41)42/h7-14,17-18,21,35H,5-6,15-16,19-20H2,1-4H3,(H,37,38). The van der Waals surface area contributed by atoms with Crippen LogP contribution in [-0.2, 0) is 27.7 Å². The van der Waals surface area contributed by atoms with Gasteiger partial charge in [-0.15, -0.1) is 0 Å². The third-order valence-corrected chi connectivity index (χ3v) is 9.59. The number of sulfone groups is 1. The first kappa shape index (κ1) is 29.8. The molecule has 1 atom stereocenters. The van der Waals surface area contributed by atoms with Gasteiger partial charge in [-0.2, -0.15) is 0 Å². The van der Waals surface area contributed by atoms with Crippen LogP contribution in [0.4, 0.5) is 4.79 Å². The van der Waals surface area contributed by atoms with Crippen molar-refractivity contribution in [3.63, 3.8) is 0 Å². The van der Waals surface area contributed by atoms with Crippen LogP contribution >= 0.6 is 0 Å². The number of carbonyl (C=O) groups excluding carboxylic acids is 1. The number of hydrogen-bond acceptors (Lipinski definition) is 7. The number of rotatable bonds is 7. The SMILES string of the molecule is CCN(CC)C(=O)OC1=C(c2nc3cc4c(cc3[nH]2)CNC4)C(C)CCN=C1c1ccc(-c2ccc(S(C)(=O)=O)cc2)cc1. The molecule has 0 spiro atoms. The molecule has 0 aliphatic carbocycles. The number of allylic oxidation sites excluding steroid dienone is 2. The van der Waals surface area contributed by atoms with Gasteiger partial charge in [0.2, 0.25) is 0 Å². The Labute approximate surface area is 258 Å². The number of aromatic nitrogens is 2. The largest absolute Gasteiger partial charge is 0.415 e. The normalized spacial score (nSPS) is 16.9. The van der Waals surface area contributed by atoms with Crippen LogP contribution in [0.5, 0.6) is 0 Å². The molecule has 6 rings (SSSR count). The number of amides is 1. The van der Waals surface area contributed by atoms with E-state index in [0.29, 0.717) is 36.9 Å². The van der Waals surface area contributed by atoms with Gasteiger partial charge in [0, 0.05) is 50.1 Å². The third-order valence-electron chi connectivity index (χ3n) is 8.46. The zero-order chi connectivity index (χ0) is 31.0. The summed E-state index contributed by atoms with van der Waals surface area (Å²) in [5, 5.41) is 3.39. The summed E-state index contributed by atoms with van der Waals surface area (Å²) < 4.78 is 30.1. The van der Waals surface area contributed by atoms with E-state index in [1.165, 1.54) is 17.4 Å². The molecule has 0 radical (unpaired) electrons. The van der Waals surface area contributed by atoms with E-state index in [4.69, 9.17) is 14.7 Å². The third kappa shape index (κ3) is 5.79. The first-order chi connectivity index (χ1) is 21.2. The van der Waals surface area contributed by atoms with Gasteiger partial charge >= 0.3 is 6.09 Å². The summed E-state index contributed by atoms with van der Waals surface area (Å²) in [6, 6.07) is 19.0. The molecule has 3 heterocycles. The monoisotopic (exact) mass is 611 g/mol. The fraction of sp³-hybridized carbons (Fsp3) is 0.324. The molecule has 1 aromatic heterocycles. The lowest BCUT2D eigenvalue weighted by Gasteiger charge is -2.22. The molecule has 44 heavy (non-hydrogen) atoms. The molecule has 0 saturated carbocycles. The highest BCUT2D eigenvalue weighted by Crippen LogP contribution is 2.35. The smallest absolute Gasteiger partial charge is 0.407 e. The molecular weight excluding hydrogens is 574 g/mol. The van der Waals surface area contributed by atoms with Crippen LogP contribution in [0.3, 0.4) is 0 Å². The summed E-state index contributed by atoms with van der Waals surface area (Å²) in [6.45, 7) is 9.27. The van der Waals surface area contributed by atoms with E-state index in [9.17, 15) is 13.2 Å². The van der Waals surface area contributed by atoms with Crippen molar-refractivity contribution in [2.75, 3.05) is 25.9 Å². The molecule has 0 saturated heterocycles. The minimum atomic E-state index is -3.27. The molecular formula is C34H37N5O4S. The maximum atomic E-state index is 13.4. The van der Waals surface area contributed by atoms with Crippen LogP contribution in [0.15, 0.2) is 76.3 Å². The van der Waals surface area contributed by atoms with Gasteiger partial charge in [0.15, 0.2) is 15.6 Å². The van der Waals surface area contributed by atoms with E-state index in [1.807, 2.05) is 38.1 Å². The number of imidazole rings is 1. The highest BCUT2D eigenvalue weighted by molar-refractivity contribution is 7.90. The van der Waals surface area contributed by atoms with Crippen LogP contribution < -0.4 is 5.32 Å². The molecule has 0 fully saturated rings. The van der Waals surface area contributed by atoms with Crippen molar-refractivity contribution in [3.8, 4) is 11.1 Å². The number of aliphatic imine (C=N–C) groups is 1. The van der Waals surface area contributed by atoms with Crippen LogP contribution in [0.25, 0.3) is 27.7 Å². The molecule has 228 valence electrons. The lowest BCUT2D eigenvalue weighted by molar-refractivity contribution is 0.137. The fourth-order valence-corrected chi connectivity index (χ4v) is 6.52. The molecule has 0 bridgehead atoms. The van der Waals surface area contributed by atoms with Gasteiger partial charge in [0.05, 0.1) is 15.9 Å². The van der Waals surface area contributed by atoms with Crippen molar-refractivity contribution in [2.24, 2.45) is 10.9 Å². The summed E-state index contributed by atoms with van der Waals surface area (Å²) in [4.78, 5) is 28.9. The Bertz CT molecular complexity index is 1850. The second-order valence-electron chi connectivity index (χ2n) is 11.4. The molecule has 2 aliphatic rings. The van der Waals surface area contributed by atoms with Gasteiger partial charge in [-0.25, -0.2) is 18.2 Å². The number of H-pyrrole nitrogens is 1. The van der Waals surface area contributed by atoms with Crippen LogP contribution in [-0.4, -0.2) is 61.0 Å². The number of benzene rings is 3. The predicted octanol–water partition coefficient (Wildman–Crippen LogP) is 5.96. The Kier molecular flexibility index (Phi) is 8.13. The minimum absolute atomic E-state index is 0.0254. The quantitative estimate of drug-likeness (QED) is 0.267. The number of carbonyl (C=O) groups is 1. The van der Waals surface area contributed by atoms with E-state index in [1.54, 1.807) is 29.2 Å². The molecule has 9 nitrogen and oxygen atoms in total. The number of nitrogens with zero attached hydrogens (tertiary/aromatic N) is 3. The first-order valence-electron chi connectivity index (χ1n) is 15.1. The molecule has 4 aromatic rings. The topological polar surface area (TPSA) is 117 Å². The van der Waals surface area contributed by atoms with Crippen molar-refractivity contribution in [2.45, 2.75) is 45.2 Å². The highest BCUT2D eigenvalue weighted by Gasteiger charge is 2.30. The molecule has 10 heteroatoms. The van der Waals surface area contributed by atoms with E-state index < -0.39 is 15.9 Å². The van der Waals surface area contributed by atoms with E-state index in [0.717, 1.165) is 52.8 Å². The molecule has 2 N–H and O–H groups in total. The van der Waals surface area contributed by atoms with Crippen molar-refractivity contribution < 1.29 is 17.9 Å². The van der Waals surface area contributed by atoms with E-state index >= 15 is 0 Å². The number of fused-ring (bicyclic) bond motifs is 2. The van der Waals surface area contributed by atoms with Crippen molar-refractivity contribution in [1.82, 2.24) is 20.2 Å². The predicted molar refractivity (Wildman–Crippen MR) is 173 cm³/mol. The summed E-state index contributed by atoms with van der Waals surface area (Å²) in [6.07, 6.45) is 1.55. The highest BCUT2D eigenvalue weighted by atomic mass is 32.2. The maximum Gasteiger partial charge on any atom is 0.415 e. The lowest BCUT2D eigenvalue weighted by atomic mass is 9.93. The van der Waals surface area contributed by atoms with Crippen LogP contribution in [0, 0.1) is 5.92 Å². The van der Waals surface area contributed by atoms with Gasteiger partial charge in [0.25, 0.3) is 0 Å². The second kappa shape index (κ2) is 12.0. The molecule has 1 amide bonds. The summed E-state index contributed by atoms with van der Waals surface area (Å²) >= 11 is 0. The summed E-state index contributed by atoms with van der Waals surface area (Å²) in [5.74, 6) is 1.13. The average Bonchev–Trinajstić information content (AvgIpc) is 3.60. The Balaban J connectivity index is 1.44.